The highest BCUT2D eigenvalue weighted by molar-refractivity contribution is 7.89. The Morgan fingerprint density at radius 2 is 1.97 bits per heavy atom. The Hall–Kier alpha value is -2.84. The molecule has 0 amide bonds. The van der Waals surface area contributed by atoms with Crippen molar-refractivity contribution >= 4 is 32.6 Å². The Balaban J connectivity index is 1.55. The lowest BCUT2D eigenvalue weighted by molar-refractivity contribution is -0.136. The highest BCUT2D eigenvalue weighted by Gasteiger charge is 2.34. The molecule has 2 aromatic carbocycles. The molecular formula is C22H24N2O5S. The minimum Gasteiger partial charge on any atom is -0.481 e. The number of carboxylic acids is 1. The maximum absolute atomic E-state index is 13.3. The predicted octanol–water partition coefficient (Wildman–Crippen LogP) is 3.27. The van der Waals surface area contributed by atoms with Gasteiger partial charge in [-0.25, -0.2) is 8.42 Å². The lowest BCUT2D eigenvalue weighted by atomic mass is 10.1. The van der Waals surface area contributed by atoms with E-state index < -0.39 is 16.0 Å². The third-order valence-corrected chi connectivity index (χ3v) is 7.65. The first-order valence-electron chi connectivity index (χ1n) is 9.81. The Morgan fingerprint density at radius 3 is 2.70 bits per heavy atom. The minimum absolute atomic E-state index is 0.143. The molecule has 4 rings (SSSR count). The molecule has 1 unspecified atom stereocenters. The van der Waals surface area contributed by atoms with Gasteiger partial charge in [-0.3, -0.25) is 4.79 Å². The molecular weight excluding hydrogens is 404 g/mol. The zero-order chi connectivity index (χ0) is 21.5. The van der Waals surface area contributed by atoms with Crippen molar-refractivity contribution in [1.29, 1.82) is 0 Å². The molecule has 1 atom stereocenters. The van der Waals surface area contributed by atoms with Crippen LogP contribution >= 0.6 is 0 Å². The maximum Gasteiger partial charge on any atom is 0.307 e. The number of piperazine rings is 1. The number of carbonyl (C=O) groups is 1. The highest BCUT2D eigenvalue weighted by Crippen LogP contribution is 2.28. The molecule has 1 aliphatic rings. The smallest absolute Gasteiger partial charge is 0.307 e. The van der Waals surface area contributed by atoms with Crippen molar-refractivity contribution in [3.8, 4) is 0 Å². The summed E-state index contributed by atoms with van der Waals surface area (Å²) in [6.07, 6.45) is 1.46. The summed E-state index contributed by atoms with van der Waals surface area (Å²) in [6.45, 7) is 5.17. The van der Waals surface area contributed by atoms with Gasteiger partial charge in [-0.1, -0.05) is 6.07 Å². The first-order chi connectivity index (χ1) is 14.3. The van der Waals surface area contributed by atoms with E-state index in [4.69, 9.17) is 9.52 Å². The molecule has 30 heavy (non-hydrogen) atoms. The molecule has 7 nitrogen and oxygen atoms in total. The fourth-order valence-electron chi connectivity index (χ4n) is 3.98. The van der Waals surface area contributed by atoms with Gasteiger partial charge in [-0.2, -0.15) is 4.31 Å². The van der Waals surface area contributed by atoms with Crippen LogP contribution < -0.4 is 4.90 Å². The van der Waals surface area contributed by atoms with Gasteiger partial charge >= 0.3 is 5.97 Å². The first kappa shape index (κ1) is 20.4. The van der Waals surface area contributed by atoms with Gasteiger partial charge in [0, 0.05) is 36.7 Å². The van der Waals surface area contributed by atoms with Crippen LogP contribution in [0.25, 0.3) is 11.0 Å². The Kier molecular flexibility index (Phi) is 5.29. The molecule has 1 fully saturated rings. The second-order valence-electron chi connectivity index (χ2n) is 7.71. The zero-order valence-corrected chi connectivity index (χ0v) is 17.7. The standard InChI is InChI=1S/C22H24N2O5S/c1-15-3-5-20(12-18(15)13-22(25)26)30(27,28)24-9-8-23(14-16(24)2)19-4-6-21-17(11-19)7-10-29-21/h3-7,10-12,16H,8-9,13-14H2,1-2H3,(H,25,26). The van der Waals surface area contributed by atoms with Gasteiger partial charge in [-0.05, 0) is 61.4 Å². The highest BCUT2D eigenvalue weighted by atomic mass is 32.2. The van der Waals surface area contributed by atoms with Gasteiger partial charge in [0.25, 0.3) is 0 Å². The number of aliphatic carboxylic acids is 1. The van der Waals surface area contributed by atoms with E-state index in [-0.39, 0.29) is 17.4 Å². The predicted molar refractivity (Wildman–Crippen MR) is 114 cm³/mol. The van der Waals surface area contributed by atoms with Crippen molar-refractivity contribution in [2.45, 2.75) is 31.2 Å². The summed E-state index contributed by atoms with van der Waals surface area (Å²) in [5.41, 5.74) is 3.14. The number of furan rings is 1. The molecule has 0 radical (unpaired) electrons. The van der Waals surface area contributed by atoms with E-state index in [9.17, 15) is 13.2 Å². The third-order valence-electron chi connectivity index (χ3n) is 5.64. The van der Waals surface area contributed by atoms with Crippen molar-refractivity contribution in [3.05, 3.63) is 59.9 Å². The number of sulfonamides is 1. The minimum atomic E-state index is -3.72. The van der Waals surface area contributed by atoms with Gasteiger partial charge in [0.1, 0.15) is 5.58 Å². The SMILES string of the molecule is Cc1ccc(S(=O)(=O)N2CCN(c3ccc4occc4c3)CC2C)cc1CC(=O)O. The van der Waals surface area contributed by atoms with Crippen LogP contribution in [0.2, 0.25) is 0 Å². The first-order valence-corrected chi connectivity index (χ1v) is 11.2. The van der Waals surface area contributed by atoms with Crippen molar-refractivity contribution in [1.82, 2.24) is 4.31 Å². The van der Waals surface area contributed by atoms with Crippen LogP contribution in [0.4, 0.5) is 5.69 Å². The largest absolute Gasteiger partial charge is 0.481 e. The number of hydrogen-bond acceptors (Lipinski definition) is 5. The second-order valence-corrected chi connectivity index (χ2v) is 9.60. The topological polar surface area (TPSA) is 91.1 Å². The number of aryl methyl sites for hydroxylation is 1. The van der Waals surface area contributed by atoms with Gasteiger partial charge in [0.05, 0.1) is 17.6 Å². The number of anilines is 1. The molecule has 3 aromatic rings. The van der Waals surface area contributed by atoms with Crippen LogP contribution in [0.1, 0.15) is 18.1 Å². The quantitative estimate of drug-likeness (QED) is 0.671. The molecule has 2 heterocycles. The van der Waals surface area contributed by atoms with Crippen molar-refractivity contribution in [2.75, 3.05) is 24.5 Å². The maximum atomic E-state index is 13.3. The van der Waals surface area contributed by atoms with Crippen molar-refractivity contribution in [2.24, 2.45) is 0 Å². The van der Waals surface area contributed by atoms with Gasteiger partial charge in [-0.15, -0.1) is 0 Å². The zero-order valence-electron chi connectivity index (χ0n) is 16.9. The number of nitrogens with zero attached hydrogens (tertiary/aromatic N) is 2. The van der Waals surface area contributed by atoms with Crippen LogP contribution in [0.5, 0.6) is 0 Å². The molecule has 1 aromatic heterocycles. The van der Waals surface area contributed by atoms with Gasteiger partial charge < -0.3 is 14.4 Å². The van der Waals surface area contributed by atoms with Crippen LogP contribution in [0, 0.1) is 6.92 Å². The van der Waals surface area contributed by atoms with E-state index in [0.29, 0.717) is 25.2 Å². The molecule has 0 saturated carbocycles. The van der Waals surface area contributed by atoms with E-state index in [1.165, 1.54) is 10.4 Å². The Morgan fingerprint density at radius 1 is 1.17 bits per heavy atom. The molecule has 8 heteroatoms. The van der Waals surface area contributed by atoms with E-state index in [1.807, 2.05) is 31.2 Å². The normalized spacial score (nSPS) is 18.1. The van der Waals surface area contributed by atoms with E-state index >= 15 is 0 Å². The molecule has 1 saturated heterocycles. The van der Waals surface area contributed by atoms with Crippen LogP contribution in [0.15, 0.2) is 58.0 Å². The van der Waals surface area contributed by atoms with E-state index in [0.717, 1.165) is 22.2 Å². The summed E-state index contributed by atoms with van der Waals surface area (Å²) in [5, 5.41) is 10.1. The summed E-state index contributed by atoms with van der Waals surface area (Å²) in [6, 6.07) is 12.4. The lowest BCUT2D eigenvalue weighted by Gasteiger charge is -2.40. The van der Waals surface area contributed by atoms with Gasteiger partial charge in [0.2, 0.25) is 10.0 Å². The fourth-order valence-corrected chi connectivity index (χ4v) is 5.64. The molecule has 0 spiro atoms. The summed E-state index contributed by atoms with van der Waals surface area (Å²) in [4.78, 5) is 13.4. The Bertz CT molecular complexity index is 1200. The van der Waals surface area contributed by atoms with Crippen molar-refractivity contribution in [3.63, 3.8) is 0 Å². The third kappa shape index (κ3) is 3.80. The number of fused-ring (bicyclic) bond motifs is 1. The average molecular weight is 429 g/mol. The van der Waals surface area contributed by atoms with Crippen molar-refractivity contribution < 1.29 is 22.7 Å². The van der Waals surface area contributed by atoms with E-state index in [2.05, 4.69) is 4.90 Å². The summed E-state index contributed by atoms with van der Waals surface area (Å²) in [7, 11) is -3.72. The monoisotopic (exact) mass is 428 g/mol. The molecule has 0 bridgehead atoms. The number of hydrogen-bond donors (Lipinski definition) is 1. The van der Waals surface area contributed by atoms with Crippen LogP contribution in [-0.4, -0.2) is 49.5 Å². The van der Waals surface area contributed by atoms with E-state index in [1.54, 1.807) is 25.3 Å². The molecule has 0 aliphatic carbocycles. The average Bonchev–Trinajstić information content (AvgIpc) is 3.16. The molecule has 158 valence electrons. The summed E-state index contributed by atoms with van der Waals surface area (Å²) in [5.74, 6) is -0.982. The lowest BCUT2D eigenvalue weighted by Crippen LogP contribution is -2.54. The summed E-state index contributed by atoms with van der Waals surface area (Å²) < 4.78 is 33.5. The Labute approximate surface area is 175 Å². The number of rotatable bonds is 5. The molecule has 1 N–H and O–H groups in total. The molecule has 1 aliphatic heterocycles. The van der Waals surface area contributed by atoms with Crippen LogP contribution in [0.3, 0.4) is 0 Å². The number of benzene rings is 2. The summed E-state index contributed by atoms with van der Waals surface area (Å²) >= 11 is 0. The number of carboxylic acid groups (broad SMARTS) is 1. The fraction of sp³-hybridized carbons (Fsp3) is 0.318. The van der Waals surface area contributed by atoms with Crippen LogP contribution in [-0.2, 0) is 21.2 Å². The second kappa shape index (κ2) is 7.77. The van der Waals surface area contributed by atoms with Gasteiger partial charge in [0.15, 0.2) is 0 Å².